The molecule has 196 valence electrons. The first-order valence-electron chi connectivity index (χ1n) is 12.1. The normalized spacial score (nSPS) is 14.9. The predicted octanol–water partition coefficient (Wildman–Crippen LogP) is 4.93. The molecule has 0 bridgehead atoms. The first-order valence-corrected chi connectivity index (χ1v) is 14.7. The number of anilines is 1. The Hall–Kier alpha value is -2.29. The molecule has 10 heteroatoms. The molecular weight excluding hydrogens is 521 g/mol. The van der Waals surface area contributed by atoms with Crippen LogP contribution in [0.2, 0.25) is 10.0 Å². The molecule has 1 saturated carbocycles. The second-order valence-corrected chi connectivity index (χ2v) is 12.0. The summed E-state index contributed by atoms with van der Waals surface area (Å²) in [6.45, 7) is 3.50. The van der Waals surface area contributed by atoms with Gasteiger partial charge in [-0.05, 0) is 55.5 Å². The van der Waals surface area contributed by atoms with Crippen LogP contribution in [-0.4, -0.2) is 50.0 Å². The minimum absolute atomic E-state index is 0.102. The van der Waals surface area contributed by atoms with Gasteiger partial charge in [-0.3, -0.25) is 13.9 Å². The zero-order chi connectivity index (χ0) is 26.5. The van der Waals surface area contributed by atoms with Gasteiger partial charge in [0.15, 0.2) is 0 Å². The van der Waals surface area contributed by atoms with Crippen molar-refractivity contribution in [2.45, 2.75) is 64.6 Å². The summed E-state index contributed by atoms with van der Waals surface area (Å²) >= 11 is 12.1. The molecule has 2 amide bonds. The SMILES string of the molecule is CCC(C(=O)NC1CCCC1)N(Cc1ccccc1C)C(=O)CN(c1ccc(Cl)c(Cl)c1)S(C)(=O)=O. The van der Waals surface area contributed by atoms with E-state index in [1.54, 1.807) is 0 Å². The second-order valence-electron chi connectivity index (χ2n) is 9.23. The quantitative estimate of drug-likeness (QED) is 0.451. The van der Waals surface area contributed by atoms with Crippen LogP contribution in [0.5, 0.6) is 0 Å². The van der Waals surface area contributed by atoms with Gasteiger partial charge in [0.25, 0.3) is 0 Å². The Labute approximate surface area is 223 Å². The molecule has 1 atom stereocenters. The molecular formula is C26H33Cl2N3O4S. The number of hydrogen-bond acceptors (Lipinski definition) is 4. The summed E-state index contributed by atoms with van der Waals surface area (Å²) in [6, 6.07) is 11.4. The Morgan fingerprint density at radius 3 is 2.33 bits per heavy atom. The fourth-order valence-corrected chi connectivity index (χ4v) is 5.65. The van der Waals surface area contributed by atoms with Gasteiger partial charge in [-0.2, -0.15) is 0 Å². The summed E-state index contributed by atoms with van der Waals surface area (Å²) in [5.41, 5.74) is 2.09. The molecule has 7 nitrogen and oxygen atoms in total. The standard InChI is InChI=1S/C26H33Cl2N3O4S/c1-4-24(26(33)29-20-11-7-8-12-20)30(16-19-10-6-5-9-18(19)2)25(32)17-31(36(3,34)35)21-13-14-22(27)23(28)15-21/h5-6,9-10,13-15,20,24H,4,7-8,11-12,16-17H2,1-3H3,(H,29,33). The van der Waals surface area contributed by atoms with Crippen molar-refractivity contribution in [2.75, 3.05) is 17.1 Å². The first kappa shape index (κ1) is 28.3. The van der Waals surface area contributed by atoms with Crippen molar-refractivity contribution in [3.63, 3.8) is 0 Å². The van der Waals surface area contributed by atoms with Crippen molar-refractivity contribution in [3.8, 4) is 0 Å². The van der Waals surface area contributed by atoms with Crippen LogP contribution in [0, 0.1) is 6.92 Å². The van der Waals surface area contributed by atoms with Crippen LogP contribution >= 0.6 is 23.2 Å². The van der Waals surface area contributed by atoms with Crippen LogP contribution in [0.1, 0.15) is 50.2 Å². The number of halogens is 2. The lowest BCUT2D eigenvalue weighted by molar-refractivity contribution is -0.140. The highest BCUT2D eigenvalue weighted by atomic mass is 35.5. The highest BCUT2D eigenvalue weighted by Crippen LogP contribution is 2.29. The third-order valence-corrected chi connectivity index (χ3v) is 8.44. The largest absolute Gasteiger partial charge is 0.352 e. The Morgan fingerprint density at radius 1 is 1.08 bits per heavy atom. The van der Waals surface area contributed by atoms with Gasteiger partial charge in [-0.25, -0.2) is 8.42 Å². The number of sulfonamides is 1. The molecule has 3 rings (SSSR count). The smallest absolute Gasteiger partial charge is 0.244 e. The summed E-state index contributed by atoms with van der Waals surface area (Å²) < 4.78 is 26.4. The van der Waals surface area contributed by atoms with Crippen LogP contribution in [0.15, 0.2) is 42.5 Å². The summed E-state index contributed by atoms with van der Waals surface area (Å²) in [5.74, 6) is -0.699. The van der Waals surface area contributed by atoms with E-state index in [-0.39, 0.29) is 34.2 Å². The lowest BCUT2D eigenvalue weighted by Crippen LogP contribution is -2.53. The van der Waals surface area contributed by atoms with Gasteiger partial charge < -0.3 is 10.2 Å². The maximum absolute atomic E-state index is 13.8. The van der Waals surface area contributed by atoms with E-state index in [2.05, 4.69) is 5.32 Å². The topological polar surface area (TPSA) is 86.8 Å². The zero-order valence-electron chi connectivity index (χ0n) is 20.8. The fourth-order valence-electron chi connectivity index (χ4n) is 4.51. The molecule has 2 aromatic rings. The number of carbonyl (C=O) groups is 2. The summed E-state index contributed by atoms with van der Waals surface area (Å²) in [6.07, 6.45) is 5.40. The molecule has 1 unspecified atom stereocenters. The van der Waals surface area contributed by atoms with E-state index in [1.807, 2.05) is 38.1 Å². The molecule has 0 heterocycles. The van der Waals surface area contributed by atoms with Crippen molar-refractivity contribution in [3.05, 3.63) is 63.6 Å². The predicted molar refractivity (Wildman–Crippen MR) is 145 cm³/mol. The van der Waals surface area contributed by atoms with Gasteiger partial charge in [0.05, 0.1) is 22.0 Å². The number of aryl methyl sites for hydroxylation is 1. The Bertz CT molecular complexity index is 1200. The molecule has 1 fully saturated rings. The van der Waals surface area contributed by atoms with Gasteiger partial charge in [0.2, 0.25) is 21.8 Å². The van der Waals surface area contributed by atoms with E-state index in [1.165, 1.54) is 23.1 Å². The maximum Gasteiger partial charge on any atom is 0.244 e. The monoisotopic (exact) mass is 553 g/mol. The highest BCUT2D eigenvalue weighted by Gasteiger charge is 2.33. The maximum atomic E-state index is 13.8. The van der Waals surface area contributed by atoms with Crippen LogP contribution in [0.3, 0.4) is 0 Å². The van der Waals surface area contributed by atoms with Crippen LogP contribution in [0.25, 0.3) is 0 Å². The Kier molecular flexibility index (Phi) is 9.66. The number of hydrogen-bond donors (Lipinski definition) is 1. The number of rotatable bonds is 10. The molecule has 1 aliphatic carbocycles. The Balaban J connectivity index is 1.94. The molecule has 0 aromatic heterocycles. The lowest BCUT2D eigenvalue weighted by Gasteiger charge is -2.33. The lowest BCUT2D eigenvalue weighted by atomic mass is 10.1. The van der Waals surface area contributed by atoms with Gasteiger partial charge >= 0.3 is 0 Å². The minimum atomic E-state index is -3.84. The van der Waals surface area contributed by atoms with Crippen molar-refractivity contribution >= 4 is 50.7 Å². The highest BCUT2D eigenvalue weighted by molar-refractivity contribution is 7.92. The number of nitrogens with zero attached hydrogens (tertiary/aromatic N) is 2. The van der Waals surface area contributed by atoms with E-state index < -0.39 is 28.5 Å². The van der Waals surface area contributed by atoms with Crippen molar-refractivity contribution < 1.29 is 18.0 Å². The van der Waals surface area contributed by atoms with E-state index in [4.69, 9.17) is 23.2 Å². The van der Waals surface area contributed by atoms with Crippen molar-refractivity contribution in [2.24, 2.45) is 0 Å². The van der Waals surface area contributed by atoms with Crippen LogP contribution in [0.4, 0.5) is 5.69 Å². The molecule has 2 aromatic carbocycles. The van der Waals surface area contributed by atoms with E-state index >= 15 is 0 Å². The minimum Gasteiger partial charge on any atom is -0.352 e. The summed E-state index contributed by atoms with van der Waals surface area (Å²) in [4.78, 5) is 28.6. The molecule has 0 aliphatic heterocycles. The molecule has 0 radical (unpaired) electrons. The van der Waals surface area contributed by atoms with Gasteiger partial charge in [0, 0.05) is 12.6 Å². The third kappa shape index (κ3) is 7.14. The van der Waals surface area contributed by atoms with Gasteiger partial charge in [0.1, 0.15) is 12.6 Å². The summed E-state index contributed by atoms with van der Waals surface area (Å²) in [5, 5.41) is 3.55. The number of carbonyl (C=O) groups excluding carboxylic acids is 2. The number of benzene rings is 2. The number of amides is 2. The molecule has 0 spiro atoms. The zero-order valence-corrected chi connectivity index (χ0v) is 23.2. The van der Waals surface area contributed by atoms with Crippen LogP contribution in [-0.2, 0) is 26.2 Å². The van der Waals surface area contributed by atoms with E-state index in [0.717, 1.165) is 47.4 Å². The van der Waals surface area contributed by atoms with E-state index in [9.17, 15) is 18.0 Å². The average Bonchev–Trinajstić information content (AvgIpc) is 3.32. The first-order chi connectivity index (χ1) is 17.0. The second kappa shape index (κ2) is 12.3. The average molecular weight is 555 g/mol. The van der Waals surface area contributed by atoms with Gasteiger partial charge in [-0.1, -0.05) is 67.2 Å². The summed E-state index contributed by atoms with van der Waals surface area (Å²) in [7, 11) is -3.84. The molecule has 36 heavy (non-hydrogen) atoms. The Morgan fingerprint density at radius 2 is 1.75 bits per heavy atom. The van der Waals surface area contributed by atoms with Crippen LogP contribution < -0.4 is 9.62 Å². The molecule has 0 saturated heterocycles. The third-order valence-electron chi connectivity index (χ3n) is 6.56. The fraction of sp³-hybridized carbons (Fsp3) is 0.462. The molecule has 1 N–H and O–H groups in total. The van der Waals surface area contributed by atoms with Crippen molar-refractivity contribution in [1.82, 2.24) is 10.2 Å². The van der Waals surface area contributed by atoms with E-state index in [0.29, 0.717) is 6.42 Å². The molecule has 1 aliphatic rings. The van der Waals surface area contributed by atoms with Crippen molar-refractivity contribution in [1.29, 1.82) is 0 Å². The van der Waals surface area contributed by atoms with Gasteiger partial charge in [-0.15, -0.1) is 0 Å². The number of nitrogens with one attached hydrogen (secondary N) is 1.